The molecule has 0 saturated heterocycles. The van der Waals surface area contributed by atoms with Crippen molar-refractivity contribution >= 4 is 45.4 Å². The van der Waals surface area contributed by atoms with Crippen LogP contribution in [0.15, 0.2) is 97.8 Å². The van der Waals surface area contributed by atoms with Crippen molar-refractivity contribution in [1.29, 1.82) is 10.5 Å². The van der Waals surface area contributed by atoms with E-state index in [4.69, 9.17) is 14.6 Å². The third-order valence-corrected chi connectivity index (χ3v) is 8.28. The van der Waals surface area contributed by atoms with E-state index in [1.54, 1.807) is 55.1 Å². The van der Waals surface area contributed by atoms with Gasteiger partial charge in [-0.15, -0.1) is 0 Å². The Kier molecular flexibility index (Phi) is 12.1. The molecule has 2 aromatic carbocycles. The van der Waals surface area contributed by atoms with Crippen molar-refractivity contribution in [3.8, 4) is 17.9 Å². The number of allylic oxidation sites excluding steroid dienone is 1. The number of esters is 1. The minimum Gasteiger partial charge on any atom is -0.481 e. The maximum atomic E-state index is 11.7. The lowest BCUT2D eigenvalue weighted by Crippen LogP contribution is -2.14. The number of aliphatic carboxylic acids is 1. The zero-order chi connectivity index (χ0) is 36.2. The molecular formula is C40H36N6O5. The summed E-state index contributed by atoms with van der Waals surface area (Å²) < 4.78 is 10.1. The van der Waals surface area contributed by atoms with Crippen molar-refractivity contribution in [1.82, 2.24) is 19.9 Å². The minimum absolute atomic E-state index is 0.0300. The number of hydrogen-bond donors (Lipinski definition) is 3. The summed E-state index contributed by atoms with van der Waals surface area (Å²) in [6.07, 6.45) is 14.1. The fourth-order valence-electron chi connectivity index (χ4n) is 6.00. The second kappa shape index (κ2) is 17.2. The van der Waals surface area contributed by atoms with Crippen LogP contribution in [0.25, 0.3) is 33.5 Å². The Labute approximate surface area is 294 Å². The van der Waals surface area contributed by atoms with Crippen LogP contribution in [0.1, 0.15) is 59.4 Å². The first-order valence-corrected chi connectivity index (χ1v) is 16.3. The lowest BCUT2D eigenvalue weighted by molar-refractivity contribution is -0.138. The van der Waals surface area contributed by atoms with E-state index in [0.717, 1.165) is 56.9 Å². The molecule has 0 saturated carbocycles. The molecule has 0 bridgehead atoms. The molecule has 256 valence electrons. The molecule has 2 unspecified atom stereocenters. The van der Waals surface area contributed by atoms with Crippen LogP contribution >= 0.6 is 0 Å². The van der Waals surface area contributed by atoms with Gasteiger partial charge in [0.05, 0.1) is 30.1 Å². The monoisotopic (exact) mass is 680 g/mol. The van der Waals surface area contributed by atoms with Crippen LogP contribution in [0.2, 0.25) is 0 Å². The fraction of sp³-hybridized carbons (Fsp3) is 0.200. The number of carboxylic acid groups (broad SMARTS) is 1. The van der Waals surface area contributed by atoms with Gasteiger partial charge in [-0.05, 0) is 77.2 Å². The Balaban J connectivity index is 0.000000201. The van der Waals surface area contributed by atoms with E-state index in [0.29, 0.717) is 16.9 Å². The average Bonchev–Trinajstić information content (AvgIpc) is 3.75. The number of aromatic amines is 2. The Morgan fingerprint density at radius 3 is 2.37 bits per heavy atom. The molecule has 4 heterocycles. The summed E-state index contributed by atoms with van der Waals surface area (Å²) in [4.78, 5) is 37.2. The average molecular weight is 681 g/mol. The second-order valence-electron chi connectivity index (χ2n) is 11.8. The number of carboxylic acids is 1. The maximum absolute atomic E-state index is 11.7. The zero-order valence-corrected chi connectivity index (χ0v) is 28.2. The van der Waals surface area contributed by atoms with Gasteiger partial charge in [-0.1, -0.05) is 31.5 Å². The smallest absolute Gasteiger partial charge is 0.337 e. The molecule has 0 aliphatic carbocycles. The highest BCUT2D eigenvalue weighted by molar-refractivity contribution is 6.01. The van der Waals surface area contributed by atoms with E-state index in [9.17, 15) is 20.1 Å². The van der Waals surface area contributed by atoms with Gasteiger partial charge in [-0.3, -0.25) is 14.8 Å². The minimum atomic E-state index is -0.882. The highest BCUT2D eigenvalue weighted by atomic mass is 16.6. The third-order valence-electron chi connectivity index (χ3n) is 8.28. The molecule has 0 fully saturated rings. The molecule has 6 rings (SSSR count). The van der Waals surface area contributed by atoms with Crippen LogP contribution < -0.4 is 4.74 Å². The van der Waals surface area contributed by atoms with Crippen LogP contribution in [0, 0.1) is 22.7 Å². The first kappa shape index (κ1) is 35.7. The van der Waals surface area contributed by atoms with Crippen molar-refractivity contribution in [3.05, 3.63) is 126 Å². The highest BCUT2D eigenvalue weighted by Gasteiger charge is 2.27. The summed E-state index contributed by atoms with van der Waals surface area (Å²) in [6, 6.07) is 23.1. The summed E-state index contributed by atoms with van der Waals surface area (Å²) >= 11 is 0. The van der Waals surface area contributed by atoms with Crippen LogP contribution in [0.5, 0.6) is 5.75 Å². The van der Waals surface area contributed by atoms with E-state index in [1.165, 1.54) is 7.11 Å². The van der Waals surface area contributed by atoms with Crippen molar-refractivity contribution in [2.75, 3.05) is 13.7 Å². The largest absolute Gasteiger partial charge is 0.481 e. The van der Waals surface area contributed by atoms with Gasteiger partial charge >= 0.3 is 11.9 Å². The Bertz CT molecular complexity index is 2230. The number of benzene rings is 2. The zero-order valence-electron chi connectivity index (χ0n) is 28.2. The van der Waals surface area contributed by atoms with Gasteiger partial charge in [0, 0.05) is 77.6 Å². The van der Waals surface area contributed by atoms with Gasteiger partial charge in [0.25, 0.3) is 0 Å². The number of pyridine rings is 2. The molecule has 11 heteroatoms. The molecule has 6 aromatic rings. The number of methoxy groups -OCH3 is 1. The van der Waals surface area contributed by atoms with Gasteiger partial charge in [0.1, 0.15) is 12.4 Å². The number of fused-ring (bicyclic) bond motifs is 2. The van der Waals surface area contributed by atoms with Gasteiger partial charge in [0.15, 0.2) is 0 Å². The van der Waals surface area contributed by atoms with Crippen molar-refractivity contribution < 1.29 is 24.2 Å². The van der Waals surface area contributed by atoms with Gasteiger partial charge in [-0.2, -0.15) is 10.5 Å². The number of aromatic nitrogens is 4. The van der Waals surface area contributed by atoms with Crippen LogP contribution in [0.4, 0.5) is 0 Å². The number of carbonyl (C=O) groups is 2. The van der Waals surface area contributed by atoms with E-state index in [-0.39, 0.29) is 24.9 Å². The molecule has 0 aliphatic heterocycles. The Hall–Kier alpha value is -6.56. The van der Waals surface area contributed by atoms with E-state index < -0.39 is 11.9 Å². The molecule has 0 amide bonds. The molecule has 3 N–H and O–H groups in total. The number of nitrogens with zero attached hydrogens (tertiary/aromatic N) is 4. The number of hydrogen-bond acceptors (Lipinski definition) is 8. The quantitative estimate of drug-likeness (QED) is 0.0668. The summed E-state index contributed by atoms with van der Waals surface area (Å²) in [5.41, 5.74) is 6.47. The fourth-order valence-corrected chi connectivity index (χ4v) is 6.00. The lowest BCUT2D eigenvalue weighted by Gasteiger charge is -2.21. The van der Waals surface area contributed by atoms with Crippen molar-refractivity contribution in [3.63, 3.8) is 0 Å². The number of nitrogens with one attached hydrogen (secondary N) is 2. The topological polar surface area (TPSA) is 178 Å². The first-order valence-electron chi connectivity index (χ1n) is 16.3. The standard InChI is InChI=1S/C22H23N3O3.C18H13N3O2/c1-3-5-17(15-6-4-9-24-12-15)19(11-23)20-13-25-21-8-7-16(10-18(20)21)28-22(26)14-27-2;19-9-14(6-13-2-1-5-20-10-13)16-11-21-17-4-3-12(7-15(16)17)8-18(22)23/h4,6-10,12-13,17,19,25H,3,5,14H2,1-2H3;1-7,10-11,21H,8H2,(H,22,23)/b;14-6+. The van der Waals surface area contributed by atoms with E-state index >= 15 is 0 Å². The molecule has 0 aliphatic rings. The molecule has 11 nitrogen and oxygen atoms in total. The second-order valence-corrected chi connectivity index (χ2v) is 11.8. The highest BCUT2D eigenvalue weighted by Crippen LogP contribution is 2.39. The first-order chi connectivity index (χ1) is 24.8. The number of nitriles is 2. The van der Waals surface area contributed by atoms with Crippen LogP contribution in [-0.2, 0) is 20.7 Å². The SMILES string of the molecule is CCCC(c1cccnc1)C(C#N)c1c[nH]c2ccc(OC(=O)COC)cc12.N#C/C(=C\c1cccnc1)c1c[nH]c2ccc(CC(=O)O)cc12. The van der Waals surface area contributed by atoms with Crippen LogP contribution in [-0.4, -0.2) is 50.7 Å². The van der Waals surface area contributed by atoms with Gasteiger partial charge in [0.2, 0.25) is 0 Å². The van der Waals surface area contributed by atoms with E-state index in [2.05, 4.69) is 39.0 Å². The number of rotatable bonds is 12. The molecule has 0 spiro atoms. The third kappa shape index (κ3) is 8.92. The van der Waals surface area contributed by atoms with Crippen molar-refractivity contribution in [2.24, 2.45) is 0 Å². The van der Waals surface area contributed by atoms with Crippen molar-refractivity contribution in [2.45, 2.75) is 38.0 Å². The molecule has 4 aromatic heterocycles. The molecule has 2 atom stereocenters. The Morgan fingerprint density at radius 2 is 1.71 bits per heavy atom. The van der Waals surface area contributed by atoms with Crippen LogP contribution in [0.3, 0.4) is 0 Å². The van der Waals surface area contributed by atoms with Gasteiger partial charge < -0.3 is 24.5 Å². The number of ether oxygens (including phenoxy) is 2. The summed E-state index contributed by atoms with van der Waals surface area (Å²) in [5.74, 6) is -1.23. The summed E-state index contributed by atoms with van der Waals surface area (Å²) in [6.45, 7) is 2.00. The number of carbonyl (C=O) groups excluding carboxylic acids is 1. The summed E-state index contributed by atoms with van der Waals surface area (Å²) in [5, 5.41) is 30.1. The predicted molar refractivity (Wildman–Crippen MR) is 193 cm³/mol. The normalized spacial score (nSPS) is 12.3. The maximum Gasteiger partial charge on any atom is 0.337 e. The molecular weight excluding hydrogens is 644 g/mol. The number of H-pyrrole nitrogens is 2. The lowest BCUT2D eigenvalue weighted by atomic mass is 9.80. The molecule has 0 radical (unpaired) electrons. The Morgan fingerprint density at radius 1 is 0.961 bits per heavy atom. The summed E-state index contributed by atoms with van der Waals surface area (Å²) in [7, 11) is 1.44. The van der Waals surface area contributed by atoms with E-state index in [1.807, 2.05) is 48.8 Å². The molecule has 51 heavy (non-hydrogen) atoms. The predicted octanol–water partition coefficient (Wildman–Crippen LogP) is 7.56. The van der Waals surface area contributed by atoms with Gasteiger partial charge in [-0.25, -0.2) is 4.79 Å².